The summed E-state index contributed by atoms with van der Waals surface area (Å²) in [4.78, 5) is 61.3. The van der Waals surface area contributed by atoms with Gasteiger partial charge in [-0.05, 0) is 96.3 Å². The van der Waals surface area contributed by atoms with E-state index in [1.165, 1.54) is 4.90 Å². The topological polar surface area (TPSA) is 210 Å². The van der Waals surface area contributed by atoms with Gasteiger partial charge in [-0.2, -0.15) is 4.31 Å². The van der Waals surface area contributed by atoms with Crippen LogP contribution in [0.15, 0.2) is 101 Å². The molecule has 0 aliphatic carbocycles. The van der Waals surface area contributed by atoms with Gasteiger partial charge in [-0.15, -0.1) is 11.3 Å². The van der Waals surface area contributed by atoms with Gasteiger partial charge in [0.15, 0.2) is 0 Å². The summed E-state index contributed by atoms with van der Waals surface area (Å²) in [6.07, 6.45) is -0.0306. The summed E-state index contributed by atoms with van der Waals surface area (Å²) in [6, 6.07) is 25.1. The fourth-order valence-corrected chi connectivity index (χ4v) is 12.2. The Morgan fingerprint density at radius 3 is 2.32 bits per heavy atom. The first-order chi connectivity index (χ1) is 32.9. The second-order valence-corrected chi connectivity index (χ2v) is 22.2. The van der Waals surface area contributed by atoms with E-state index in [2.05, 4.69) is 26.3 Å². The second kappa shape index (κ2) is 20.5. The van der Waals surface area contributed by atoms with Crippen molar-refractivity contribution in [3.63, 3.8) is 0 Å². The van der Waals surface area contributed by atoms with Gasteiger partial charge in [-0.25, -0.2) is 13.4 Å². The van der Waals surface area contributed by atoms with Crippen LogP contribution in [-0.2, 0) is 35.7 Å². The molecule has 0 unspecified atom stereocenters. The number of aryl methyl sites for hydroxylation is 2. The van der Waals surface area contributed by atoms with Crippen LogP contribution in [0.4, 0.5) is 11.4 Å². The van der Waals surface area contributed by atoms with Gasteiger partial charge >= 0.3 is 0 Å². The van der Waals surface area contributed by atoms with Gasteiger partial charge in [0.05, 0.1) is 45.8 Å². The van der Waals surface area contributed by atoms with Crippen molar-refractivity contribution in [2.24, 2.45) is 11.3 Å². The van der Waals surface area contributed by atoms with Crippen LogP contribution in [0.2, 0.25) is 0 Å². The van der Waals surface area contributed by atoms with E-state index in [4.69, 9.17) is 0 Å². The van der Waals surface area contributed by atoms with Crippen molar-refractivity contribution in [1.82, 2.24) is 24.8 Å². The number of aromatic nitrogens is 1. The molecule has 0 saturated carbocycles. The third kappa shape index (κ3) is 10.9. The lowest BCUT2D eigenvalue weighted by Crippen LogP contribution is -2.57. The average molecular weight is 976 g/mol. The summed E-state index contributed by atoms with van der Waals surface area (Å²) in [5, 5.41) is 33.1. The number of hydrogen-bond acceptors (Lipinski definition) is 11. The number of carbonyl (C=O) groups is 4. The molecule has 15 nitrogen and oxygen atoms in total. The number of thiazole rings is 1. The standard InChI is InChI=1S/C52H61N7O8S2/c1-31-12-19-39(20-13-31)69(66,67)59-23-22-40-43(29-60)56-42-21-18-36(25-41(42)47(40)59)35-8-6-9-37(24-35)55-45(62)10-7-11-46(63)57-49(52(3,4)5)51(65)58-28-38(61)26-44(58)50(64)53-27-33-14-16-34(17-15-33)48-32(2)54-30-68-48/h6,8-9,12-21,24-25,30,38,40,43-44,47,49,56,60-61H,7,10-11,22-23,26-29H2,1-5H3,(H,53,64)(H,55,62)(H,57,63)/t38-,40-,43+,44+,47-,49-/m1/s1. The number of anilines is 2. The zero-order valence-electron chi connectivity index (χ0n) is 39.6. The number of aliphatic hydroxyl groups excluding tert-OH is 2. The van der Waals surface area contributed by atoms with Crippen LogP contribution < -0.4 is 21.3 Å². The number of nitrogens with one attached hydrogen (secondary N) is 4. The molecule has 1 aromatic heterocycles. The van der Waals surface area contributed by atoms with Crippen LogP contribution in [0, 0.1) is 25.2 Å². The first-order valence-corrected chi connectivity index (χ1v) is 25.8. The minimum atomic E-state index is -3.84. The monoisotopic (exact) mass is 975 g/mol. The zero-order chi connectivity index (χ0) is 49.2. The lowest BCUT2D eigenvalue weighted by atomic mass is 9.82. The van der Waals surface area contributed by atoms with Crippen molar-refractivity contribution in [3.05, 3.63) is 119 Å². The highest BCUT2D eigenvalue weighted by molar-refractivity contribution is 7.89. The molecule has 4 heterocycles. The van der Waals surface area contributed by atoms with Crippen molar-refractivity contribution in [3.8, 4) is 21.6 Å². The average Bonchev–Trinajstić information content (AvgIpc) is 4.08. The van der Waals surface area contributed by atoms with E-state index >= 15 is 0 Å². The molecule has 4 amide bonds. The molecule has 69 heavy (non-hydrogen) atoms. The normalized spacial score (nSPS) is 20.6. The summed E-state index contributed by atoms with van der Waals surface area (Å²) >= 11 is 1.56. The Labute approximate surface area is 407 Å². The van der Waals surface area contributed by atoms with Crippen molar-refractivity contribution in [2.45, 2.75) is 108 Å². The Morgan fingerprint density at radius 2 is 1.62 bits per heavy atom. The fraction of sp³-hybridized carbons (Fsp3) is 0.404. The van der Waals surface area contributed by atoms with Crippen molar-refractivity contribution in [1.29, 1.82) is 0 Å². The highest BCUT2D eigenvalue weighted by Gasteiger charge is 2.49. The maximum atomic E-state index is 14.1. The van der Waals surface area contributed by atoms with Gasteiger partial charge in [-0.3, -0.25) is 19.2 Å². The predicted molar refractivity (Wildman–Crippen MR) is 266 cm³/mol. The highest BCUT2D eigenvalue weighted by atomic mass is 32.2. The van der Waals surface area contributed by atoms with Crippen LogP contribution in [0.5, 0.6) is 0 Å². The van der Waals surface area contributed by atoms with E-state index in [0.29, 0.717) is 18.7 Å². The van der Waals surface area contributed by atoms with Gasteiger partial charge in [0.25, 0.3) is 0 Å². The Balaban J connectivity index is 0.862. The third-order valence-electron chi connectivity index (χ3n) is 13.4. The minimum Gasteiger partial charge on any atom is -0.394 e. The minimum absolute atomic E-state index is 0.0275. The number of amides is 4. The maximum absolute atomic E-state index is 14.1. The van der Waals surface area contributed by atoms with Gasteiger partial charge in [0.2, 0.25) is 33.7 Å². The third-order valence-corrected chi connectivity index (χ3v) is 16.3. The molecule has 8 rings (SSSR count). The first kappa shape index (κ1) is 49.4. The number of nitrogens with zero attached hydrogens (tertiary/aromatic N) is 3. The number of sulfonamides is 1. The van der Waals surface area contributed by atoms with Crippen molar-refractivity contribution < 1.29 is 37.8 Å². The number of hydrogen-bond donors (Lipinski definition) is 6. The van der Waals surface area contributed by atoms with Crippen LogP contribution in [0.1, 0.15) is 81.3 Å². The van der Waals surface area contributed by atoms with Crippen molar-refractivity contribution >= 4 is 56.4 Å². The summed E-state index contributed by atoms with van der Waals surface area (Å²) in [5.41, 5.74) is 8.64. The summed E-state index contributed by atoms with van der Waals surface area (Å²) in [5.74, 6) is -1.72. The molecule has 5 aromatic rings. The molecule has 0 spiro atoms. The molecule has 364 valence electrons. The van der Waals surface area contributed by atoms with Crippen LogP contribution in [-0.4, -0.2) is 100 Å². The van der Waals surface area contributed by atoms with E-state index < -0.39 is 57.4 Å². The lowest BCUT2D eigenvalue weighted by molar-refractivity contribution is -0.144. The van der Waals surface area contributed by atoms with E-state index in [1.807, 2.05) is 95.3 Å². The number of rotatable bonds is 15. The molecule has 4 aromatic carbocycles. The maximum Gasteiger partial charge on any atom is 0.246 e. The number of likely N-dealkylation sites (tertiary alicyclic amines) is 1. The molecule has 17 heteroatoms. The van der Waals surface area contributed by atoms with Crippen LogP contribution in [0.25, 0.3) is 21.6 Å². The smallest absolute Gasteiger partial charge is 0.246 e. The van der Waals surface area contributed by atoms with Gasteiger partial charge in [0, 0.05) is 56.2 Å². The van der Waals surface area contributed by atoms with Crippen molar-refractivity contribution in [2.75, 3.05) is 30.3 Å². The molecule has 6 N–H and O–H groups in total. The zero-order valence-corrected chi connectivity index (χ0v) is 41.2. The van der Waals surface area contributed by atoms with Gasteiger partial charge in [0.1, 0.15) is 12.1 Å². The van der Waals surface area contributed by atoms with E-state index in [0.717, 1.165) is 49.6 Å². The quantitative estimate of drug-likeness (QED) is 0.0667. The fourth-order valence-electron chi connectivity index (χ4n) is 9.74. The molecule has 2 fully saturated rings. The molecule has 0 bridgehead atoms. The SMILES string of the molecule is Cc1ccc(S(=O)(=O)N2CC[C@@H]3[C@H](CO)Nc4ccc(-c5cccc(NC(=O)CCCC(=O)N[C@H](C(=O)N6C[C@H](O)C[C@H]6C(=O)NCc6ccc(-c7scnc7C)cc6)C(C)(C)C)c5)cc4[C@@H]32)cc1. The molecule has 6 atom stereocenters. The molecule has 3 aliphatic heterocycles. The van der Waals surface area contributed by atoms with Gasteiger partial charge in [-0.1, -0.05) is 80.9 Å². The van der Waals surface area contributed by atoms with Gasteiger partial charge < -0.3 is 36.4 Å². The highest BCUT2D eigenvalue weighted by Crippen LogP contribution is 2.49. The summed E-state index contributed by atoms with van der Waals surface area (Å²) in [6.45, 7) is 9.71. The Hall–Kier alpha value is -5.98. The number of carbonyl (C=O) groups excluding carboxylic acids is 4. The Morgan fingerprint density at radius 1 is 0.913 bits per heavy atom. The predicted octanol–water partition coefficient (Wildman–Crippen LogP) is 6.55. The molecule has 0 radical (unpaired) electrons. The van der Waals surface area contributed by atoms with E-state index in [1.54, 1.807) is 51.5 Å². The molecular formula is C52H61N7O8S2. The molecule has 2 saturated heterocycles. The van der Waals surface area contributed by atoms with E-state index in [9.17, 15) is 37.8 Å². The number of aliphatic hydroxyl groups is 2. The van der Waals surface area contributed by atoms with Crippen LogP contribution >= 0.6 is 11.3 Å². The van der Waals surface area contributed by atoms with E-state index in [-0.39, 0.29) is 68.1 Å². The Bertz CT molecular complexity index is 2810. The molecule has 3 aliphatic rings. The number of benzene rings is 4. The largest absolute Gasteiger partial charge is 0.394 e. The Kier molecular flexibility index (Phi) is 14.7. The lowest BCUT2D eigenvalue weighted by Gasteiger charge is -2.39. The first-order valence-electron chi connectivity index (χ1n) is 23.5. The molecular weight excluding hydrogens is 915 g/mol. The second-order valence-electron chi connectivity index (χ2n) is 19.5. The summed E-state index contributed by atoms with van der Waals surface area (Å²) < 4.78 is 29.7. The van der Waals surface area contributed by atoms with Crippen LogP contribution in [0.3, 0.4) is 0 Å². The summed E-state index contributed by atoms with van der Waals surface area (Å²) in [7, 11) is -3.84. The number of β-amino-alcohol motifs (C(OH)–C–C–N with tert-alkyl or cyclic N) is 1. The number of fused-ring (bicyclic) bond motifs is 3.